The molecule has 152 valence electrons. The molecule has 28 heavy (non-hydrogen) atoms. The fraction of sp³-hybridized carbons (Fsp3) is 0.615. The highest BCUT2D eigenvalue weighted by Crippen LogP contribution is 2.37. The van der Waals surface area contributed by atoms with Gasteiger partial charge in [0, 0.05) is 18.8 Å². The number of benzene rings is 1. The quantitative estimate of drug-likeness (QED) is 0.389. The monoisotopic (exact) mass is 378 g/mol. The van der Waals surface area contributed by atoms with Gasteiger partial charge in [-0.05, 0) is 65.5 Å². The van der Waals surface area contributed by atoms with Crippen LogP contribution in [0.5, 0.6) is 0 Å². The van der Waals surface area contributed by atoms with Crippen LogP contribution in [-0.2, 0) is 12.8 Å². The van der Waals surface area contributed by atoms with Crippen LogP contribution in [0.25, 0.3) is 0 Å². The molecule has 0 spiro atoms. The van der Waals surface area contributed by atoms with Crippen LogP contribution < -0.4 is 0 Å². The molecule has 1 aromatic rings. The van der Waals surface area contributed by atoms with E-state index in [9.17, 15) is 0 Å². The summed E-state index contributed by atoms with van der Waals surface area (Å²) < 4.78 is 0. The second kappa shape index (κ2) is 10.7. The van der Waals surface area contributed by atoms with Crippen molar-refractivity contribution < 1.29 is 0 Å². The van der Waals surface area contributed by atoms with E-state index < -0.39 is 0 Å². The molecular formula is C26H38N2. The van der Waals surface area contributed by atoms with Gasteiger partial charge in [-0.3, -0.25) is 0 Å². The fourth-order valence-electron chi connectivity index (χ4n) is 4.57. The molecule has 2 heteroatoms. The first-order valence-corrected chi connectivity index (χ1v) is 11.7. The summed E-state index contributed by atoms with van der Waals surface area (Å²) in [7, 11) is 0. The lowest BCUT2D eigenvalue weighted by Gasteiger charge is -2.28. The Hall–Kier alpha value is -1.70. The number of unbranched alkanes of at least 4 members (excludes halogenated alkanes) is 2. The SMILES string of the molecule is CCCCCC1CCC(c2cnc(CC)nc2)CC1.CCCc1cc2ccc1=2. The first kappa shape index (κ1) is 21.0. The third-order valence-electron chi connectivity index (χ3n) is 6.51. The van der Waals surface area contributed by atoms with Gasteiger partial charge < -0.3 is 0 Å². The summed E-state index contributed by atoms with van der Waals surface area (Å²) in [5, 5.41) is 3.00. The summed E-state index contributed by atoms with van der Waals surface area (Å²) in [6, 6.07) is 6.67. The van der Waals surface area contributed by atoms with Gasteiger partial charge in [-0.1, -0.05) is 71.1 Å². The molecular weight excluding hydrogens is 340 g/mol. The lowest BCUT2D eigenvalue weighted by molar-refractivity contribution is 0.302. The van der Waals surface area contributed by atoms with Crippen molar-refractivity contribution in [1.82, 2.24) is 9.97 Å². The molecule has 2 nitrogen and oxygen atoms in total. The van der Waals surface area contributed by atoms with Gasteiger partial charge in [-0.2, -0.15) is 0 Å². The maximum absolute atomic E-state index is 4.44. The molecule has 3 aliphatic rings. The maximum Gasteiger partial charge on any atom is 0.127 e. The molecule has 0 saturated heterocycles. The molecule has 0 N–H and O–H groups in total. The molecule has 0 bridgehead atoms. The van der Waals surface area contributed by atoms with Crippen molar-refractivity contribution in [2.75, 3.05) is 0 Å². The van der Waals surface area contributed by atoms with Gasteiger partial charge in [0.1, 0.15) is 5.82 Å². The molecule has 0 unspecified atom stereocenters. The number of aryl methyl sites for hydroxylation is 2. The second-order valence-electron chi connectivity index (χ2n) is 8.62. The Morgan fingerprint density at radius 2 is 1.64 bits per heavy atom. The molecule has 3 aliphatic carbocycles. The Morgan fingerprint density at radius 1 is 0.893 bits per heavy atom. The highest BCUT2D eigenvalue weighted by molar-refractivity contribution is 5.33. The Labute approximate surface area is 171 Å². The van der Waals surface area contributed by atoms with Gasteiger partial charge in [-0.25, -0.2) is 9.97 Å². The molecule has 1 heterocycles. The van der Waals surface area contributed by atoms with E-state index in [1.54, 1.807) is 5.56 Å². The summed E-state index contributed by atoms with van der Waals surface area (Å²) in [6.45, 7) is 6.62. The van der Waals surface area contributed by atoms with E-state index in [2.05, 4.69) is 61.3 Å². The van der Waals surface area contributed by atoms with E-state index in [1.165, 1.54) is 80.2 Å². The number of aromatic nitrogens is 2. The van der Waals surface area contributed by atoms with Crippen LogP contribution in [-0.4, -0.2) is 9.97 Å². The summed E-state index contributed by atoms with van der Waals surface area (Å²) in [6.07, 6.45) is 18.7. The van der Waals surface area contributed by atoms with Gasteiger partial charge in [0.05, 0.1) is 0 Å². The highest BCUT2D eigenvalue weighted by atomic mass is 14.9. The van der Waals surface area contributed by atoms with Crippen LogP contribution in [0, 0.1) is 16.4 Å². The number of nitrogens with zero attached hydrogens (tertiary/aromatic N) is 2. The summed E-state index contributed by atoms with van der Waals surface area (Å²) in [4.78, 5) is 8.88. The normalized spacial score (nSPS) is 19.7. The van der Waals surface area contributed by atoms with Gasteiger partial charge >= 0.3 is 0 Å². The zero-order valence-corrected chi connectivity index (χ0v) is 18.2. The minimum Gasteiger partial charge on any atom is -0.241 e. The van der Waals surface area contributed by atoms with Gasteiger partial charge in [0.15, 0.2) is 0 Å². The average Bonchev–Trinajstić information content (AvgIpc) is 2.73. The van der Waals surface area contributed by atoms with E-state index in [1.807, 2.05) is 0 Å². The smallest absolute Gasteiger partial charge is 0.127 e. The van der Waals surface area contributed by atoms with Crippen LogP contribution in [0.3, 0.4) is 0 Å². The van der Waals surface area contributed by atoms with Crippen molar-refractivity contribution in [3.8, 4) is 0 Å². The van der Waals surface area contributed by atoms with Crippen molar-refractivity contribution in [2.45, 2.75) is 97.3 Å². The third-order valence-corrected chi connectivity index (χ3v) is 6.51. The molecule has 4 rings (SSSR count). The van der Waals surface area contributed by atoms with Crippen molar-refractivity contribution in [3.05, 3.63) is 58.0 Å². The van der Waals surface area contributed by atoms with E-state index in [0.29, 0.717) is 5.92 Å². The summed E-state index contributed by atoms with van der Waals surface area (Å²) >= 11 is 0. The molecule has 1 fully saturated rings. The molecule has 0 radical (unpaired) electrons. The molecule has 0 amide bonds. The molecule has 1 aromatic heterocycles. The lowest BCUT2D eigenvalue weighted by atomic mass is 9.77. The Balaban J connectivity index is 0.000000206. The van der Waals surface area contributed by atoms with E-state index in [4.69, 9.17) is 0 Å². The zero-order chi connectivity index (χ0) is 19.8. The first-order chi connectivity index (χ1) is 13.7. The topological polar surface area (TPSA) is 25.8 Å². The molecule has 0 atom stereocenters. The average molecular weight is 379 g/mol. The number of hydrogen-bond donors (Lipinski definition) is 0. The van der Waals surface area contributed by atoms with Gasteiger partial charge in [-0.15, -0.1) is 0 Å². The molecule has 1 saturated carbocycles. The zero-order valence-electron chi connectivity index (χ0n) is 18.2. The van der Waals surface area contributed by atoms with Crippen LogP contribution in [0.1, 0.15) is 101 Å². The molecule has 0 aromatic carbocycles. The summed E-state index contributed by atoms with van der Waals surface area (Å²) in [5.74, 6) is 2.67. The molecule has 0 aliphatic heterocycles. The van der Waals surface area contributed by atoms with Crippen LogP contribution in [0.4, 0.5) is 0 Å². The summed E-state index contributed by atoms with van der Waals surface area (Å²) in [5.41, 5.74) is 2.93. The van der Waals surface area contributed by atoms with Crippen molar-refractivity contribution >= 4 is 0 Å². The van der Waals surface area contributed by atoms with Crippen LogP contribution in [0.2, 0.25) is 0 Å². The fourth-order valence-corrected chi connectivity index (χ4v) is 4.57. The van der Waals surface area contributed by atoms with Crippen molar-refractivity contribution in [3.63, 3.8) is 0 Å². The third kappa shape index (κ3) is 5.43. The van der Waals surface area contributed by atoms with E-state index in [0.717, 1.165) is 18.2 Å². The standard InChI is InChI=1S/C17H28N2.C9H10/c1-3-5-6-7-14-8-10-15(11-9-14)16-12-18-17(4-2)19-13-16;1-2-3-7-6-8-4-5-9(7)8/h12-15H,3-11H2,1-2H3;4-6H,2-3H2,1H3. The van der Waals surface area contributed by atoms with E-state index >= 15 is 0 Å². The minimum absolute atomic E-state index is 0.716. The lowest BCUT2D eigenvalue weighted by Crippen LogP contribution is -2.14. The van der Waals surface area contributed by atoms with Crippen molar-refractivity contribution in [1.29, 1.82) is 0 Å². The maximum atomic E-state index is 4.44. The minimum atomic E-state index is 0.716. The number of hydrogen-bond acceptors (Lipinski definition) is 2. The van der Waals surface area contributed by atoms with Gasteiger partial charge in [0.25, 0.3) is 0 Å². The number of rotatable bonds is 8. The second-order valence-corrected chi connectivity index (χ2v) is 8.62. The Bertz CT molecular complexity index is 801. The predicted molar refractivity (Wildman–Crippen MR) is 118 cm³/mol. The predicted octanol–water partition coefficient (Wildman–Crippen LogP) is 7.13. The first-order valence-electron chi connectivity index (χ1n) is 11.7. The largest absolute Gasteiger partial charge is 0.241 e. The van der Waals surface area contributed by atoms with Gasteiger partial charge in [0.2, 0.25) is 0 Å². The van der Waals surface area contributed by atoms with Crippen LogP contribution >= 0.6 is 0 Å². The van der Waals surface area contributed by atoms with E-state index in [-0.39, 0.29) is 0 Å². The highest BCUT2D eigenvalue weighted by Gasteiger charge is 2.22. The van der Waals surface area contributed by atoms with Crippen molar-refractivity contribution in [2.24, 2.45) is 5.92 Å². The Kier molecular flexibility index (Phi) is 8.06. The Morgan fingerprint density at radius 3 is 2.14 bits per heavy atom. The van der Waals surface area contributed by atoms with Crippen LogP contribution in [0.15, 0.2) is 30.6 Å².